The van der Waals surface area contributed by atoms with Crippen LogP contribution in [0.1, 0.15) is 37.1 Å². The van der Waals surface area contributed by atoms with Crippen molar-refractivity contribution in [1.82, 2.24) is 15.3 Å². The van der Waals surface area contributed by atoms with Crippen molar-refractivity contribution in [2.75, 3.05) is 25.0 Å². The smallest absolute Gasteiger partial charge is 0.150 e. The van der Waals surface area contributed by atoms with E-state index in [2.05, 4.69) is 22.1 Å². The number of hydrogen-bond acceptors (Lipinski definition) is 4. The normalized spacial score (nSPS) is 20.2. The van der Waals surface area contributed by atoms with Crippen LogP contribution in [0, 0.1) is 13.8 Å². The maximum absolute atomic E-state index is 4.70. The quantitative estimate of drug-likeness (QED) is 0.885. The summed E-state index contributed by atoms with van der Waals surface area (Å²) in [5.74, 6) is 1.09. The number of hydrogen-bond donors (Lipinski definition) is 1. The molecular weight excluding hydrogens is 224 g/mol. The van der Waals surface area contributed by atoms with Gasteiger partial charge in [0.2, 0.25) is 0 Å². The van der Waals surface area contributed by atoms with Crippen molar-refractivity contribution in [3.8, 4) is 0 Å². The number of aryl methyl sites for hydroxylation is 2. The van der Waals surface area contributed by atoms with Gasteiger partial charge in [0.25, 0.3) is 0 Å². The van der Waals surface area contributed by atoms with Gasteiger partial charge in [0.15, 0.2) is 5.82 Å². The van der Waals surface area contributed by atoms with Gasteiger partial charge in [-0.25, -0.2) is 4.98 Å². The molecule has 0 aromatic carbocycles. The summed E-state index contributed by atoms with van der Waals surface area (Å²) in [6.07, 6.45) is 6.92. The first-order chi connectivity index (χ1) is 8.72. The Labute approximate surface area is 110 Å². The molecule has 4 heteroatoms. The molecular formula is C14H24N4. The van der Waals surface area contributed by atoms with Gasteiger partial charge in [-0.05, 0) is 53.1 Å². The maximum atomic E-state index is 4.70. The predicted molar refractivity (Wildman–Crippen MR) is 75.0 cm³/mol. The second-order valence-electron chi connectivity index (χ2n) is 5.16. The van der Waals surface area contributed by atoms with E-state index in [0.717, 1.165) is 30.3 Å². The van der Waals surface area contributed by atoms with E-state index >= 15 is 0 Å². The van der Waals surface area contributed by atoms with Gasteiger partial charge < -0.3 is 10.2 Å². The molecule has 0 radical (unpaired) electrons. The van der Waals surface area contributed by atoms with Crippen LogP contribution >= 0.6 is 0 Å². The average molecular weight is 248 g/mol. The van der Waals surface area contributed by atoms with Crippen LogP contribution in [-0.2, 0) is 0 Å². The Bertz CT molecular complexity index is 391. The molecule has 2 rings (SSSR count). The lowest BCUT2D eigenvalue weighted by molar-refractivity contribution is 0.429. The molecule has 1 fully saturated rings. The highest BCUT2D eigenvalue weighted by molar-refractivity contribution is 5.44. The fourth-order valence-corrected chi connectivity index (χ4v) is 2.69. The fraction of sp³-hybridized carbons (Fsp3) is 0.714. The zero-order valence-corrected chi connectivity index (χ0v) is 11.7. The highest BCUT2D eigenvalue weighted by Crippen LogP contribution is 2.26. The number of anilines is 1. The number of rotatable bonds is 4. The Morgan fingerprint density at radius 1 is 1.39 bits per heavy atom. The summed E-state index contributed by atoms with van der Waals surface area (Å²) in [5.41, 5.74) is 2.06. The monoisotopic (exact) mass is 248 g/mol. The van der Waals surface area contributed by atoms with Crippen LogP contribution in [0.2, 0.25) is 0 Å². The van der Waals surface area contributed by atoms with Crippen molar-refractivity contribution in [3.63, 3.8) is 0 Å². The minimum Gasteiger partial charge on any atom is -0.352 e. The standard InChI is InChI=1S/C14H24N4/c1-11-10-16-12(2)14(17-11)18-9-5-4-6-13(18)7-8-15-3/h10,13,15H,4-9H2,1-3H3. The highest BCUT2D eigenvalue weighted by Gasteiger charge is 2.24. The van der Waals surface area contributed by atoms with Crippen LogP contribution in [0.5, 0.6) is 0 Å². The number of nitrogens with one attached hydrogen (secondary N) is 1. The minimum absolute atomic E-state index is 0.612. The molecule has 4 nitrogen and oxygen atoms in total. The zero-order valence-electron chi connectivity index (χ0n) is 11.7. The summed E-state index contributed by atoms with van der Waals surface area (Å²) >= 11 is 0. The lowest BCUT2D eigenvalue weighted by Gasteiger charge is -2.37. The lowest BCUT2D eigenvalue weighted by atomic mass is 9.99. The Hall–Kier alpha value is -1.16. The zero-order chi connectivity index (χ0) is 13.0. The van der Waals surface area contributed by atoms with Gasteiger partial charge in [0, 0.05) is 18.8 Å². The lowest BCUT2D eigenvalue weighted by Crippen LogP contribution is -2.42. The van der Waals surface area contributed by atoms with Gasteiger partial charge in [0.05, 0.1) is 11.4 Å². The predicted octanol–water partition coefficient (Wildman–Crippen LogP) is 2.06. The highest BCUT2D eigenvalue weighted by atomic mass is 15.2. The van der Waals surface area contributed by atoms with Crippen molar-refractivity contribution in [2.45, 2.75) is 45.6 Å². The topological polar surface area (TPSA) is 41.0 Å². The van der Waals surface area contributed by atoms with Crippen LogP contribution in [-0.4, -0.2) is 36.1 Å². The van der Waals surface area contributed by atoms with Gasteiger partial charge in [-0.3, -0.25) is 4.98 Å². The second kappa shape index (κ2) is 6.14. The summed E-state index contributed by atoms with van der Waals surface area (Å²) in [7, 11) is 2.02. The maximum Gasteiger partial charge on any atom is 0.150 e. The van der Waals surface area contributed by atoms with Crippen molar-refractivity contribution in [3.05, 3.63) is 17.6 Å². The van der Waals surface area contributed by atoms with Crippen molar-refractivity contribution >= 4 is 5.82 Å². The molecule has 1 aromatic rings. The van der Waals surface area contributed by atoms with Crippen molar-refractivity contribution in [1.29, 1.82) is 0 Å². The average Bonchev–Trinajstić information content (AvgIpc) is 2.39. The Morgan fingerprint density at radius 2 is 2.22 bits per heavy atom. The van der Waals surface area contributed by atoms with E-state index in [4.69, 9.17) is 4.98 Å². The molecule has 1 atom stereocenters. The molecule has 0 saturated carbocycles. The van der Waals surface area contributed by atoms with E-state index in [0.29, 0.717) is 6.04 Å². The third-order valence-electron chi connectivity index (χ3n) is 3.68. The summed E-state index contributed by atoms with van der Waals surface area (Å²) in [5, 5.41) is 3.25. The molecule has 18 heavy (non-hydrogen) atoms. The molecule has 1 unspecified atom stereocenters. The van der Waals surface area contributed by atoms with Gasteiger partial charge in [-0.2, -0.15) is 0 Å². The summed E-state index contributed by atoms with van der Waals surface area (Å²) in [6.45, 7) is 6.26. The number of aromatic nitrogens is 2. The first-order valence-corrected chi connectivity index (χ1v) is 6.94. The van der Waals surface area contributed by atoms with Gasteiger partial charge in [0.1, 0.15) is 0 Å². The van der Waals surface area contributed by atoms with Gasteiger partial charge in [-0.1, -0.05) is 0 Å². The molecule has 1 aromatic heterocycles. The third kappa shape index (κ3) is 2.99. The van der Waals surface area contributed by atoms with Gasteiger partial charge in [-0.15, -0.1) is 0 Å². The molecule has 100 valence electrons. The van der Waals surface area contributed by atoms with Crippen LogP contribution in [0.3, 0.4) is 0 Å². The molecule has 1 N–H and O–H groups in total. The fourth-order valence-electron chi connectivity index (χ4n) is 2.69. The number of nitrogens with zero attached hydrogens (tertiary/aromatic N) is 3. The molecule has 0 spiro atoms. The minimum atomic E-state index is 0.612. The molecule has 0 amide bonds. The van der Waals surface area contributed by atoms with Crippen LogP contribution < -0.4 is 10.2 Å². The van der Waals surface area contributed by atoms with E-state index < -0.39 is 0 Å². The van der Waals surface area contributed by atoms with Gasteiger partial charge >= 0.3 is 0 Å². The Kier molecular flexibility index (Phi) is 4.53. The molecule has 1 aliphatic heterocycles. The van der Waals surface area contributed by atoms with E-state index in [1.807, 2.05) is 20.2 Å². The van der Waals surface area contributed by atoms with Crippen LogP contribution in [0.25, 0.3) is 0 Å². The van der Waals surface area contributed by atoms with Crippen molar-refractivity contribution in [2.24, 2.45) is 0 Å². The number of piperidine rings is 1. The van der Waals surface area contributed by atoms with E-state index in [-0.39, 0.29) is 0 Å². The van der Waals surface area contributed by atoms with Crippen molar-refractivity contribution < 1.29 is 0 Å². The van der Waals surface area contributed by atoms with E-state index in [1.165, 1.54) is 25.7 Å². The summed E-state index contributed by atoms with van der Waals surface area (Å²) < 4.78 is 0. The SMILES string of the molecule is CNCCC1CCCCN1c1nc(C)cnc1C. The molecule has 1 aliphatic rings. The largest absolute Gasteiger partial charge is 0.352 e. The first kappa shape index (κ1) is 13.3. The second-order valence-corrected chi connectivity index (χ2v) is 5.16. The summed E-state index contributed by atoms with van der Waals surface area (Å²) in [6, 6.07) is 0.612. The third-order valence-corrected chi connectivity index (χ3v) is 3.68. The molecule has 1 saturated heterocycles. The van der Waals surface area contributed by atoms with Crippen LogP contribution in [0.15, 0.2) is 6.20 Å². The van der Waals surface area contributed by atoms with Crippen LogP contribution in [0.4, 0.5) is 5.82 Å². The molecule has 0 aliphatic carbocycles. The molecule has 2 heterocycles. The molecule has 0 bridgehead atoms. The first-order valence-electron chi connectivity index (χ1n) is 6.94. The Morgan fingerprint density at radius 3 is 3.00 bits per heavy atom. The van der Waals surface area contributed by atoms with E-state index in [1.54, 1.807) is 0 Å². The Balaban J connectivity index is 2.19. The van der Waals surface area contributed by atoms with E-state index in [9.17, 15) is 0 Å². The summed E-state index contributed by atoms with van der Waals surface area (Å²) in [4.78, 5) is 11.6.